The second-order valence-corrected chi connectivity index (χ2v) is 6.44. The Labute approximate surface area is 154 Å². The van der Waals surface area contributed by atoms with Crippen LogP contribution in [-0.2, 0) is 22.4 Å². The van der Waals surface area contributed by atoms with Crippen LogP contribution in [-0.4, -0.2) is 30.8 Å². The van der Waals surface area contributed by atoms with E-state index in [0.717, 1.165) is 17.5 Å². The predicted octanol–water partition coefficient (Wildman–Crippen LogP) is 3.19. The SMILES string of the molecule is COC(=O)CCc1ccc(CC(C)NCC(O)c2ccccc2F)cc1. The van der Waals surface area contributed by atoms with E-state index in [2.05, 4.69) is 10.1 Å². The summed E-state index contributed by atoms with van der Waals surface area (Å²) in [6.07, 6.45) is 0.956. The van der Waals surface area contributed by atoms with Crippen molar-refractivity contribution in [1.29, 1.82) is 0 Å². The van der Waals surface area contributed by atoms with E-state index in [1.165, 1.54) is 13.2 Å². The van der Waals surface area contributed by atoms with E-state index in [1.807, 2.05) is 31.2 Å². The Morgan fingerprint density at radius 3 is 2.46 bits per heavy atom. The van der Waals surface area contributed by atoms with E-state index in [4.69, 9.17) is 0 Å². The molecule has 0 spiro atoms. The zero-order valence-electron chi connectivity index (χ0n) is 15.2. The summed E-state index contributed by atoms with van der Waals surface area (Å²) in [5.41, 5.74) is 2.56. The van der Waals surface area contributed by atoms with Crippen molar-refractivity contribution in [3.05, 3.63) is 71.0 Å². The smallest absolute Gasteiger partial charge is 0.305 e. The first-order valence-corrected chi connectivity index (χ1v) is 8.80. The normalized spacial score (nSPS) is 13.2. The first-order chi connectivity index (χ1) is 12.5. The van der Waals surface area contributed by atoms with Crippen LogP contribution < -0.4 is 5.32 Å². The lowest BCUT2D eigenvalue weighted by atomic mass is 10.0. The molecule has 0 aromatic heterocycles. The molecule has 2 N–H and O–H groups in total. The van der Waals surface area contributed by atoms with Crippen LogP contribution in [0.1, 0.15) is 36.1 Å². The summed E-state index contributed by atoms with van der Waals surface area (Å²) in [4.78, 5) is 11.2. The fourth-order valence-corrected chi connectivity index (χ4v) is 2.78. The number of carbonyl (C=O) groups is 1. The molecule has 0 saturated heterocycles. The van der Waals surface area contributed by atoms with Crippen molar-refractivity contribution in [1.82, 2.24) is 5.32 Å². The summed E-state index contributed by atoms with van der Waals surface area (Å²) in [7, 11) is 1.39. The Hall–Kier alpha value is -2.24. The number of ether oxygens (including phenoxy) is 1. The summed E-state index contributed by atoms with van der Waals surface area (Å²) in [6.45, 7) is 2.32. The molecule has 0 aliphatic heterocycles. The largest absolute Gasteiger partial charge is 0.469 e. The van der Waals surface area contributed by atoms with Gasteiger partial charge >= 0.3 is 5.97 Å². The number of nitrogens with one attached hydrogen (secondary N) is 1. The van der Waals surface area contributed by atoms with Crippen molar-refractivity contribution in [3.8, 4) is 0 Å². The average Bonchev–Trinajstić information content (AvgIpc) is 2.65. The number of esters is 1. The third-order valence-electron chi connectivity index (χ3n) is 4.33. The fourth-order valence-electron chi connectivity index (χ4n) is 2.78. The average molecular weight is 359 g/mol. The predicted molar refractivity (Wildman–Crippen MR) is 99.3 cm³/mol. The van der Waals surface area contributed by atoms with Gasteiger partial charge in [0.05, 0.1) is 13.2 Å². The van der Waals surface area contributed by atoms with Gasteiger partial charge in [-0.05, 0) is 37.0 Å². The minimum Gasteiger partial charge on any atom is -0.469 e. The van der Waals surface area contributed by atoms with Crippen molar-refractivity contribution >= 4 is 5.97 Å². The van der Waals surface area contributed by atoms with E-state index < -0.39 is 11.9 Å². The topological polar surface area (TPSA) is 58.6 Å². The molecule has 0 amide bonds. The van der Waals surface area contributed by atoms with Gasteiger partial charge in [-0.3, -0.25) is 4.79 Å². The van der Waals surface area contributed by atoms with Crippen LogP contribution in [0.15, 0.2) is 48.5 Å². The zero-order chi connectivity index (χ0) is 18.9. The van der Waals surface area contributed by atoms with Gasteiger partial charge < -0.3 is 15.2 Å². The minimum absolute atomic E-state index is 0.136. The van der Waals surface area contributed by atoms with Crippen molar-refractivity contribution in [3.63, 3.8) is 0 Å². The molecule has 2 rings (SSSR count). The quantitative estimate of drug-likeness (QED) is 0.675. The van der Waals surface area contributed by atoms with Gasteiger partial charge in [0.1, 0.15) is 5.82 Å². The first kappa shape index (κ1) is 20.1. The monoisotopic (exact) mass is 359 g/mol. The molecule has 2 atom stereocenters. The van der Waals surface area contributed by atoms with Crippen LogP contribution in [0, 0.1) is 5.82 Å². The molecule has 0 aliphatic rings. The van der Waals surface area contributed by atoms with Crippen molar-refractivity contribution in [2.24, 2.45) is 0 Å². The van der Waals surface area contributed by atoms with E-state index in [9.17, 15) is 14.3 Å². The summed E-state index contributed by atoms with van der Waals surface area (Å²) < 4.78 is 18.3. The molecule has 26 heavy (non-hydrogen) atoms. The highest BCUT2D eigenvalue weighted by Gasteiger charge is 2.13. The van der Waals surface area contributed by atoms with Crippen molar-refractivity contribution in [2.75, 3.05) is 13.7 Å². The van der Waals surface area contributed by atoms with Crippen LogP contribution in [0.2, 0.25) is 0 Å². The maximum Gasteiger partial charge on any atom is 0.305 e. The molecule has 140 valence electrons. The number of benzene rings is 2. The summed E-state index contributed by atoms with van der Waals surface area (Å²) in [5, 5.41) is 13.4. The molecular weight excluding hydrogens is 333 g/mol. The fraction of sp³-hybridized carbons (Fsp3) is 0.381. The standard InChI is InChI=1S/C21H26FNO3/c1-15(23-14-20(24)18-5-3-4-6-19(18)22)13-17-9-7-16(8-10-17)11-12-21(25)26-2/h3-10,15,20,23-24H,11-14H2,1-2H3. The molecule has 4 nitrogen and oxygen atoms in total. The number of aryl methyl sites for hydroxylation is 1. The van der Waals surface area contributed by atoms with Crippen molar-refractivity contribution in [2.45, 2.75) is 38.3 Å². The number of aliphatic hydroxyl groups is 1. The van der Waals surface area contributed by atoms with Gasteiger partial charge in [-0.25, -0.2) is 4.39 Å². The summed E-state index contributed by atoms with van der Waals surface area (Å²) in [6, 6.07) is 14.5. The molecule has 0 aliphatic carbocycles. The van der Waals surface area contributed by atoms with Gasteiger partial charge in [-0.2, -0.15) is 0 Å². The molecule has 2 unspecified atom stereocenters. The van der Waals surface area contributed by atoms with E-state index in [1.54, 1.807) is 18.2 Å². The lowest BCUT2D eigenvalue weighted by molar-refractivity contribution is -0.140. The number of halogens is 1. The van der Waals surface area contributed by atoms with E-state index in [-0.39, 0.29) is 12.0 Å². The second kappa shape index (κ2) is 10.0. The van der Waals surface area contributed by atoms with Gasteiger partial charge in [0, 0.05) is 24.6 Å². The highest BCUT2D eigenvalue weighted by atomic mass is 19.1. The molecule has 0 bridgehead atoms. The number of rotatable bonds is 9. The molecule has 0 radical (unpaired) electrons. The molecule has 5 heteroatoms. The van der Waals surface area contributed by atoms with Gasteiger partial charge in [0.2, 0.25) is 0 Å². The maximum atomic E-state index is 13.7. The van der Waals surface area contributed by atoms with E-state index >= 15 is 0 Å². The van der Waals surface area contributed by atoms with Gasteiger partial charge in [-0.1, -0.05) is 42.5 Å². The highest BCUT2D eigenvalue weighted by molar-refractivity contribution is 5.69. The third kappa shape index (κ3) is 6.24. The number of aliphatic hydroxyl groups excluding tert-OH is 1. The molecule has 2 aromatic carbocycles. The van der Waals surface area contributed by atoms with Crippen LogP contribution in [0.5, 0.6) is 0 Å². The lowest BCUT2D eigenvalue weighted by Gasteiger charge is -2.18. The molecule has 0 heterocycles. The Morgan fingerprint density at radius 2 is 1.81 bits per heavy atom. The Balaban J connectivity index is 1.79. The summed E-state index contributed by atoms with van der Waals surface area (Å²) >= 11 is 0. The molecule has 2 aromatic rings. The Kier molecular flexibility index (Phi) is 7.75. The molecular formula is C21H26FNO3. The van der Waals surface area contributed by atoms with Crippen molar-refractivity contribution < 1.29 is 19.0 Å². The number of hydrogen-bond donors (Lipinski definition) is 2. The molecule has 0 saturated carbocycles. The van der Waals surface area contributed by atoms with E-state index in [0.29, 0.717) is 24.9 Å². The van der Waals surface area contributed by atoms with Gasteiger partial charge in [-0.15, -0.1) is 0 Å². The van der Waals surface area contributed by atoms with Crippen LogP contribution in [0.4, 0.5) is 4.39 Å². The Bertz CT molecular complexity index is 703. The van der Waals surface area contributed by atoms with Crippen LogP contribution in [0.25, 0.3) is 0 Å². The summed E-state index contributed by atoms with van der Waals surface area (Å²) in [5.74, 6) is -0.600. The molecule has 0 fully saturated rings. The second-order valence-electron chi connectivity index (χ2n) is 6.44. The van der Waals surface area contributed by atoms with Crippen LogP contribution >= 0.6 is 0 Å². The maximum absolute atomic E-state index is 13.7. The van der Waals surface area contributed by atoms with Gasteiger partial charge in [0.15, 0.2) is 0 Å². The first-order valence-electron chi connectivity index (χ1n) is 8.80. The number of hydrogen-bond acceptors (Lipinski definition) is 4. The lowest BCUT2D eigenvalue weighted by Crippen LogP contribution is -2.32. The van der Waals surface area contributed by atoms with Gasteiger partial charge in [0.25, 0.3) is 0 Å². The highest BCUT2D eigenvalue weighted by Crippen LogP contribution is 2.16. The minimum atomic E-state index is -0.876. The van der Waals surface area contributed by atoms with Crippen LogP contribution in [0.3, 0.4) is 0 Å². The third-order valence-corrected chi connectivity index (χ3v) is 4.33. The zero-order valence-corrected chi connectivity index (χ0v) is 15.2. The number of methoxy groups -OCH3 is 1. The number of carbonyl (C=O) groups excluding carboxylic acids is 1. The Morgan fingerprint density at radius 1 is 1.15 bits per heavy atom.